The molecule has 1 N–H and O–H groups in total. The van der Waals surface area contributed by atoms with E-state index in [1.807, 2.05) is 0 Å². The number of carboxylic acids is 1. The molecule has 0 saturated heterocycles. The molecular weight excluding hydrogens is 319 g/mol. The molecule has 0 spiro atoms. The van der Waals surface area contributed by atoms with Gasteiger partial charge in [0.2, 0.25) is 5.82 Å². The Morgan fingerprint density at radius 2 is 2.00 bits per heavy atom. The maximum Gasteiger partial charge on any atom is 0.323 e. The van der Waals surface area contributed by atoms with Crippen LogP contribution in [0.15, 0.2) is 39.9 Å². The minimum Gasteiger partial charge on any atom is -0.480 e. The van der Waals surface area contributed by atoms with E-state index in [1.54, 1.807) is 24.3 Å². The predicted molar refractivity (Wildman–Crippen MR) is 69.2 cm³/mol. The van der Waals surface area contributed by atoms with Crippen LogP contribution in [0.25, 0.3) is 11.3 Å². The standard InChI is InChI=1S/C12H8BrFN2O3/c13-8-3-1-7(2-4-8)11-10(14)12(19)16(6-15-11)5-9(17)18/h1-4,6H,5H2,(H,17,18). The largest absolute Gasteiger partial charge is 0.480 e. The highest BCUT2D eigenvalue weighted by molar-refractivity contribution is 9.10. The van der Waals surface area contributed by atoms with Gasteiger partial charge in [-0.05, 0) is 12.1 Å². The van der Waals surface area contributed by atoms with E-state index in [1.165, 1.54) is 0 Å². The summed E-state index contributed by atoms with van der Waals surface area (Å²) in [6.45, 7) is -0.622. The highest BCUT2D eigenvalue weighted by Gasteiger charge is 2.14. The first kappa shape index (κ1) is 13.4. The fourth-order valence-corrected chi connectivity index (χ4v) is 1.80. The van der Waals surface area contributed by atoms with Crippen molar-refractivity contribution < 1.29 is 14.3 Å². The Morgan fingerprint density at radius 3 is 2.58 bits per heavy atom. The van der Waals surface area contributed by atoms with Gasteiger partial charge in [0.1, 0.15) is 12.2 Å². The number of carboxylic acid groups (broad SMARTS) is 1. The van der Waals surface area contributed by atoms with Crippen LogP contribution in [0.4, 0.5) is 4.39 Å². The number of hydrogen-bond acceptors (Lipinski definition) is 3. The van der Waals surface area contributed by atoms with Gasteiger partial charge in [0.15, 0.2) is 0 Å². The zero-order valence-corrected chi connectivity index (χ0v) is 11.1. The monoisotopic (exact) mass is 326 g/mol. The molecule has 5 nitrogen and oxygen atoms in total. The fourth-order valence-electron chi connectivity index (χ4n) is 1.53. The van der Waals surface area contributed by atoms with E-state index >= 15 is 0 Å². The van der Waals surface area contributed by atoms with Crippen LogP contribution >= 0.6 is 15.9 Å². The summed E-state index contributed by atoms with van der Waals surface area (Å²) in [6, 6.07) is 6.60. The molecule has 2 rings (SSSR count). The zero-order chi connectivity index (χ0) is 14.0. The normalized spacial score (nSPS) is 10.4. The van der Waals surface area contributed by atoms with Crippen molar-refractivity contribution in [3.8, 4) is 11.3 Å². The molecule has 2 aromatic rings. The first-order chi connectivity index (χ1) is 8.99. The van der Waals surface area contributed by atoms with E-state index in [2.05, 4.69) is 20.9 Å². The first-order valence-electron chi connectivity index (χ1n) is 5.21. The summed E-state index contributed by atoms with van der Waals surface area (Å²) in [5.41, 5.74) is -0.658. The van der Waals surface area contributed by atoms with Crippen molar-refractivity contribution in [3.05, 3.63) is 51.2 Å². The lowest BCUT2D eigenvalue weighted by atomic mass is 10.1. The van der Waals surface area contributed by atoms with Crippen molar-refractivity contribution in [2.45, 2.75) is 6.54 Å². The van der Waals surface area contributed by atoms with Crippen LogP contribution in [0.5, 0.6) is 0 Å². The maximum absolute atomic E-state index is 13.9. The first-order valence-corrected chi connectivity index (χ1v) is 6.01. The molecular formula is C12H8BrFN2O3. The second kappa shape index (κ2) is 5.31. The van der Waals surface area contributed by atoms with Gasteiger partial charge in [0.05, 0.1) is 6.33 Å². The molecule has 0 atom stereocenters. The van der Waals surface area contributed by atoms with Gasteiger partial charge >= 0.3 is 5.97 Å². The lowest BCUT2D eigenvalue weighted by Gasteiger charge is -2.06. The molecule has 98 valence electrons. The topological polar surface area (TPSA) is 72.2 Å². The van der Waals surface area contributed by atoms with Gasteiger partial charge < -0.3 is 5.11 Å². The molecule has 0 aliphatic rings. The van der Waals surface area contributed by atoms with Crippen molar-refractivity contribution in [2.75, 3.05) is 0 Å². The van der Waals surface area contributed by atoms with Gasteiger partial charge in [0, 0.05) is 10.0 Å². The van der Waals surface area contributed by atoms with Crippen LogP contribution in [-0.2, 0) is 11.3 Å². The van der Waals surface area contributed by atoms with E-state index in [-0.39, 0.29) is 5.69 Å². The van der Waals surface area contributed by atoms with Gasteiger partial charge in [-0.3, -0.25) is 14.2 Å². The Bertz CT molecular complexity index is 682. The Labute approximate surface area is 115 Å². The van der Waals surface area contributed by atoms with Gasteiger partial charge in [0.25, 0.3) is 5.56 Å². The van der Waals surface area contributed by atoms with Gasteiger partial charge in [-0.25, -0.2) is 4.98 Å². The Morgan fingerprint density at radius 1 is 1.37 bits per heavy atom. The Hall–Kier alpha value is -2.02. The molecule has 0 radical (unpaired) electrons. The van der Waals surface area contributed by atoms with Crippen molar-refractivity contribution in [3.63, 3.8) is 0 Å². The molecule has 0 amide bonds. The summed E-state index contributed by atoms with van der Waals surface area (Å²) in [7, 11) is 0. The highest BCUT2D eigenvalue weighted by atomic mass is 79.9. The van der Waals surface area contributed by atoms with Crippen molar-refractivity contribution in [2.24, 2.45) is 0 Å². The minimum atomic E-state index is -1.24. The van der Waals surface area contributed by atoms with Gasteiger partial charge in [-0.15, -0.1) is 0 Å². The predicted octanol–water partition coefficient (Wildman–Crippen LogP) is 1.90. The third-order valence-electron chi connectivity index (χ3n) is 2.41. The average molecular weight is 327 g/mol. The van der Waals surface area contributed by atoms with E-state index in [0.29, 0.717) is 10.1 Å². The lowest BCUT2D eigenvalue weighted by molar-refractivity contribution is -0.137. The number of halogens is 2. The van der Waals surface area contributed by atoms with Crippen LogP contribution in [0.3, 0.4) is 0 Å². The van der Waals surface area contributed by atoms with E-state index < -0.39 is 23.9 Å². The molecule has 0 saturated carbocycles. The SMILES string of the molecule is O=C(O)Cn1cnc(-c2ccc(Br)cc2)c(F)c1=O. The molecule has 19 heavy (non-hydrogen) atoms. The van der Waals surface area contributed by atoms with Crippen molar-refractivity contribution in [1.29, 1.82) is 0 Å². The minimum absolute atomic E-state index is 0.0980. The van der Waals surface area contributed by atoms with Crippen LogP contribution in [0.1, 0.15) is 0 Å². The number of benzene rings is 1. The average Bonchev–Trinajstić information content (AvgIpc) is 2.36. The van der Waals surface area contributed by atoms with Crippen LogP contribution in [0.2, 0.25) is 0 Å². The van der Waals surface area contributed by atoms with Crippen LogP contribution in [0, 0.1) is 5.82 Å². The second-order valence-electron chi connectivity index (χ2n) is 3.74. The van der Waals surface area contributed by atoms with Crippen molar-refractivity contribution in [1.82, 2.24) is 9.55 Å². The lowest BCUT2D eigenvalue weighted by Crippen LogP contribution is -2.27. The third-order valence-corrected chi connectivity index (χ3v) is 2.93. The fraction of sp³-hybridized carbons (Fsp3) is 0.0833. The van der Waals surface area contributed by atoms with E-state index in [9.17, 15) is 14.0 Å². The molecule has 1 aromatic carbocycles. The van der Waals surface area contributed by atoms with E-state index in [4.69, 9.17) is 5.11 Å². The second-order valence-corrected chi connectivity index (χ2v) is 4.66. The number of aliphatic carboxylic acids is 1. The summed E-state index contributed by atoms with van der Waals surface area (Å²) in [4.78, 5) is 26.0. The highest BCUT2D eigenvalue weighted by Crippen LogP contribution is 2.20. The summed E-state index contributed by atoms with van der Waals surface area (Å²) in [5.74, 6) is -2.30. The Balaban J connectivity index is 2.49. The Kier molecular flexibility index (Phi) is 3.75. The summed E-state index contributed by atoms with van der Waals surface area (Å²) < 4.78 is 15.4. The van der Waals surface area contributed by atoms with E-state index in [0.717, 1.165) is 10.8 Å². The molecule has 1 heterocycles. The molecule has 1 aromatic heterocycles. The molecule has 0 bridgehead atoms. The van der Waals surface area contributed by atoms with Crippen LogP contribution < -0.4 is 5.56 Å². The summed E-state index contributed by atoms with van der Waals surface area (Å²) >= 11 is 3.24. The summed E-state index contributed by atoms with van der Waals surface area (Å²) in [5, 5.41) is 8.58. The molecule has 0 unspecified atom stereocenters. The van der Waals surface area contributed by atoms with Crippen LogP contribution in [-0.4, -0.2) is 20.6 Å². The van der Waals surface area contributed by atoms with Gasteiger partial charge in [-0.1, -0.05) is 28.1 Å². The quantitative estimate of drug-likeness (QED) is 0.935. The molecule has 0 aliphatic carbocycles. The number of nitrogens with zero attached hydrogens (tertiary/aromatic N) is 2. The number of aromatic nitrogens is 2. The smallest absolute Gasteiger partial charge is 0.323 e. The zero-order valence-electron chi connectivity index (χ0n) is 9.51. The molecule has 7 heteroatoms. The third kappa shape index (κ3) is 2.87. The van der Waals surface area contributed by atoms with Gasteiger partial charge in [-0.2, -0.15) is 4.39 Å². The number of carbonyl (C=O) groups is 1. The molecule has 0 aliphatic heterocycles. The summed E-state index contributed by atoms with van der Waals surface area (Å²) in [6.07, 6.45) is 1.02. The number of rotatable bonds is 3. The maximum atomic E-state index is 13.9. The number of hydrogen-bond donors (Lipinski definition) is 1. The van der Waals surface area contributed by atoms with Crippen molar-refractivity contribution >= 4 is 21.9 Å². The molecule has 0 fully saturated rings.